The number of hydrogen-bond acceptors (Lipinski definition) is 3. The van der Waals surface area contributed by atoms with E-state index in [0.717, 1.165) is 38.9 Å². The van der Waals surface area contributed by atoms with Crippen LogP contribution >= 0.6 is 24.8 Å². The number of fused-ring (bicyclic) bond motifs is 1. The van der Waals surface area contributed by atoms with Crippen LogP contribution in [0.4, 0.5) is 0 Å². The Hall–Kier alpha value is -0.810. The molecule has 0 aromatic heterocycles. The summed E-state index contributed by atoms with van der Waals surface area (Å²) in [6.45, 7) is 8.14. The fraction of sp³-hybridized carbons (Fsp3) is 0.611. The summed E-state index contributed by atoms with van der Waals surface area (Å²) in [5.74, 6) is 0.109. The van der Waals surface area contributed by atoms with E-state index in [-0.39, 0.29) is 30.7 Å². The minimum Gasteiger partial charge on any atom is -0.354 e. The van der Waals surface area contributed by atoms with E-state index in [2.05, 4.69) is 34.5 Å². The summed E-state index contributed by atoms with van der Waals surface area (Å²) in [5.41, 5.74) is 8.31. The van der Waals surface area contributed by atoms with Gasteiger partial charge in [0, 0.05) is 32.7 Å². The molecule has 0 fully saturated rings. The van der Waals surface area contributed by atoms with Crippen molar-refractivity contribution in [2.45, 2.75) is 39.7 Å². The molecule has 2 rings (SSSR count). The molecular weight excluding hydrogens is 345 g/mol. The predicted molar refractivity (Wildman–Crippen MR) is 105 cm³/mol. The molecule has 3 N–H and O–H groups in total. The van der Waals surface area contributed by atoms with Crippen LogP contribution in [-0.2, 0) is 17.8 Å². The second-order valence-electron chi connectivity index (χ2n) is 6.24. The van der Waals surface area contributed by atoms with Crippen LogP contribution in [0.1, 0.15) is 37.8 Å². The van der Waals surface area contributed by atoms with E-state index in [1.54, 1.807) is 0 Å². The molecule has 0 atom stereocenters. The minimum absolute atomic E-state index is 0. The number of carbonyl (C=O) groups is 1. The van der Waals surface area contributed by atoms with Crippen LogP contribution in [0.3, 0.4) is 0 Å². The third-order valence-electron chi connectivity index (χ3n) is 5.15. The Morgan fingerprint density at radius 3 is 2.42 bits per heavy atom. The monoisotopic (exact) mass is 375 g/mol. The van der Waals surface area contributed by atoms with Crippen molar-refractivity contribution in [2.75, 3.05) is 26.2 Å². The third kappa shape index (κ3) is 5.35. The summed E-state index contributed by atoms with van der Waals surface area (Å²) in [4.78, 5) is 14.8. The van der Waals surface area contributed by atoms with Crippen molar-refractivity contribution in [3.05, 3.63) is 35.4 Å². The van der Waals surface area contributed by atoms with Gasteiger partial charge < -0.3 is 11.1 Å². The largest absolute Gasteiger partial charge is 0.354 e. The van der Waals surface area contributed by atoms with Crippen molar-refractivity contribution in [3.8, 4) is 0 Å². The predicted octanol–water partition coefficient (Wildman–Crippen LogP) is 2.77. The molecule has 1 amide bonds. The first kappa shape index (κ1) is 23.2. The van der Waals surface area contributed by atoms with E-state index in [9.17, 15) is 4.79 Å². The quantitative estimate of drug-likeness (QED) is 0.769. The molecular formula is C18H31Cl2N3O. The average molecular weight is 376 g/mol. The SMILES string of the molecule is CCC(CC)(CN)C(=O)NCCN1CCc2ccccc2C1.Cl.Cl. The van der Waals surface area contributed by atoms with Crippen molar-refractivity contribution < 1.29 is 4.79 Å². The van der Waals surface area contributed by atoms with Crippen LogP contribution in [0, 0.1) is 5.41 Å². The molecule has 4 nitrogen and oxygen atoms in total. The lowest BCUT2D eigenvalue weighted by Gasteiger charge is -2.31. The average Bonchev–Trinajstić information content (AvgIpc) is 2.57. The van der Waals surface area contributed by atoms with Gasteiger partial charge in [0.15, 0.2) is 0 Å². The summed E-state index contributed by atoms with van der Waals surface area (Å²) in [6, 6.07) is 8.62. The van der Waals surface area contributed by atoms with Gasteiger partial charge in [0.2, 0.25) is 5.91 Å². The van der Waals surface area contributed by atoms with E-state index in [4.69, 9.17) is 5.73 Å². The van der Waals surface area contributed by atoms with Crippen molar-refractivity contribution in [3.63, 3.8) is 0 Å². The van der Waals surface area contributed by atoms with Gasteiger partial charge >= 0.3 is 0 Å². The number of carbonyl (C=O) groups excluding carboxylic acids is 1. The molecule has 1 aliphatic rings. The lowest BCUT2D eigenvalue weighted by Crippen LogP contribution is -2.47. The maximum absolute atomic E-state index is 12.4. The van der Waals surface area contributed by atoms with Gasteiger partial charge in [-0.1, -0.05) is 38.1 Å². The Labute approximate surface area is 158 Å². The molecule has 1 aliphatic heterocycles. The van der Waals surface area contributed by atoms with Gasteiger partial charge in [0.05, 0.1) is 5.41 Å². The molecule has 0 aliphatic carbocycles. The summed E-state index contributed by atoms with van der Waals surface area (Å²) < 4.78 is 0. The fourth-order valence-electron chi connectivity index (χ4n) is 3.21. The zero-order valence-corrected chi connectivity index (χ0v) is 16.3. The van der Waals surface area contributed by atoms with E-state index >= 15 is 0 Å². The van der Waals surface area contributed by atoms with Crippen LogP contribution in [0.2, 0.25) is 0 Å². The molecule has 0 bridgehead atoms. The Balaban J connectivity index is 0.00000264. The highest BCUT2D eigenvalue weighted by Crippen LogP contribution is 2.24. The second-order valence-corrected chi connectivity index (χ2v) is 6.24. The smallest absolute Gasteiger partial charge is 0.227 e. The molecule has 0 radical (unpaired) electrons. The Morgan fingerprint density at radius 2 is 1.83 bits per heavy atom. The van der Waals surface area contributed by atoms with Gasteiger partial charge in [-0.25, -0.2) is 0 Å². The third-order valence-corrected chi connectivity index (χ3v) is 5.15. The summed E-state index contributed by atoms with van der Waals surface area (Å²) >= 11 is 0. The minimum atomic E-state index is -0.394. The van der Waals surface area contributed by atoms with Crippen molar-refractivity contribution in [1.29, 1.82) is 0 Å². The van der Waals surface area contributed by atoms with Gasteiger partial charge in [0.25, 0.3) is 0 Å². The Kier molecular flexibility index (Phi) is 10.6. The number of benzene rings is 1. The van der Waals surface area contributed by atoms with Crippen LogP contribution in [0.25, 0.3) is 0 Å². The van der Waals surface area contributed by atoms with E-state index in [0.29, 0.717) is 13.1 Å². The maximum atomic E-state index is 12.4. The molecule has 1 aromatic carbocycles. The van der Waals surface area contributed by atoms with Crippen molar-refractivity contribution >= 4 is 30.7 Å². The molecule has 0 saturated carbocycles. The van der Waals surface area contributed by atoms with Crippen LogP contribution < -0.4 is 11.1 Å². The summed E-state index contributed by atoms with van der Waals surface area (Å²) in [6.07, 6.45) is 2.69. The van der Waals surface area contributed by atoms with Gasteiger partial charge in [-0.3, -0.25) is 9.69 Å². The lowest BCUT2D eigenvalue weighted by molar-refractivity contribution is -0.131. The maximum Gasteiger partial charge on any atom is 0.227 e. The van der Waals surface area contributed by atoms with Gasteiger partial charge in [-0.2, -0.15) is 0 Å². The molecule has 6 heteroatoms. The van der Waals surface area contributed by atoms with E-state index < -0.39 is 5.41 Å². The number of halogens is 2. The highest BCUT2D eigenvalue weighted by molar-refractivity contribution is 5.85. The molecule has 0 unspecified atom stereocenters. The second kappa shape index (κ2) is 10.9. The molecule has 1 aromatic rings. The normalized spacial score (nSPS) is 14.1. The topological polar surface area (TPSA) is 58.4 Å². The van der Waals surface area contributed by atoms with Gasteiger partial charge in [0.1, 0.15) is 0 Å². The molecule has 0 saturated heterocycles. The number of amides is 1. The summed E-state index contributed by atoms with van der Waals surface area (Å²) in [7, 11) is 0. The first-order chi connectivity index (χ1) is 10.6. The summed E-state index contributed by atoms with van der Waals surface area (Å²) in [5, 5.41) is 3.09. The van der Waals surface area contributed by atoms with Crippen LogP contribution in [0.5, 0.6) is 0 Å². The molecule has 1 heterocycles. The number of nitrogens with one attached hydrogen (secondary N) is 1. The molecule has 0 spiro atoms. The van der Waals surface area contributed by atoms with Crippen LogP contribution in [-0.4, -0.2) is 37.0 Å². The number of hydrogen-bond donors (Lipinski definition) is 2. The van der Waals surface area contributed by atoms with E-state index in [1.807, 2.05) is 13.8 Å². The molecule has 138 valence electrons. The number of nitrogens with zero attached hydrogens (tertiary/aromatic N) is 1. The Bertz CT molecular complexity index is 499. The van der Waals surface area contributed by atoms with Crippen molar-refractivity contribution in [1.82, 2.24) is 10.2 Å². The fourth-order valence-corrected chi connectivity index (χ4v) is 3.21. The first-order valence-corrected chi connectivity index (χ1v) is 8.42. The highest BCUT2D eigenvalue weighted by atomic mass is 35.5. The zero-order valence-electron chi connectivity index (χ0n) is 14.7. The van der Waals surface area contributed by atoms with Crippen molar-refractivity contribution in [2.24, 2.45) is 11.1 Å². The highest BCUT2D eigenvalue weighted by Gasteiger charge is 2.32. The standard InChI is InChI=1S/C18H29N3O.2ClH/c1-3-18(4-2,14-19)17(22)20-10-12-21-11-9-15-7-5-6-8-16(15)13-21;;/h5-8H,3-4,9-14,19H2,1-2H3,(H,20,22);2*1H. The van der Waals surface area contributed by atoms with Gasteiger partial charge in [-0.05, 0) is 30.4 Å². The van der Waals surface area contributed by atoms with E-state index in [1.165, 1.54) is 11.1 Å². The Morgan fingerprint density at radius 1 is 1.21 bits per heavy atom. The zero-order chi connectivity index (χ0) is 16.0. The first-order valence-electron chi connectivity index (χ1n) is 8.42. The number of nitrogens with two attached hydrogens (primary N) is 1. The molecule has 24 heavy (non-hydrogen) atoms. The van der Waals surface area contributed by atoms with Crippen LogP contribution in [0.15, 0.2) is 24.3 Å². The lowest BCUT2D eigenvalue weighted by atomic mass is 9.81. The van der Waals surface area contributed by atoms with Gasteiger partial charge in [-0.15, -0.1) is 24.8 Å². The number of rotatable bonds is 7.